The first kappa shape index (κ1) is 17.6. The van der Waals surface area contributed by atoms with E-state index in [0.29, 0.717) is 10.2 Å². The van der Waals surface area contributed by atoms with Crippen LogP contribution in [-0.2, 0) is 4.74 Å². The molecule has 2 rings (SSSR count). The first-order chi connectivity index (χ1) is 11.4. The molecule has 0 atom stereocenters. The van der Waals surface area contributed by atoms with Gasteiger partial charge in [0, 0.05) is 22.2 Å². The van der Waals surface area contributed by atoms with Crippen molar-refractivity contribution in [2.24, 2.45) is 0 Å². The van der Waals surface area contributed by atoms with E-state index in [0.717, 1.165) is 0 Å². The van der Waals surface area contributed by atoms with Crippen LogP contribution in [-0.4, -0.2) is 30.4 Å². The molecule has 0 fully saturated rings. The van der Waals surface area contributed by atoms with Crippen molar-refractivity contribution in [1.29, 1.82) is 0 Å². The fraction of sp³-hybridized carbons (Fsp3) is 0.125. The zero-order valence-electron chi connectivity index (χ0n) is 12.5. The van der Waals surface area contributed by atoms with Crippen molar-refractivity contribution in [2.45, 2.75) is 0 Å². The van der Waals surface area contributed by atoms with Crippen molar-refractivity contribution in [3.05, 3.63) is 68.2 Å². The average Bonchev–Trinajstić information content (AvgIpc) is 2.59. The van der Waals surface area contributed by atoms with Gasteiger partial charge in [0.05, 0.1) is 12.0 Å². The van der Waals surface area contributed by atoms with E-state index in [1.807, 2.05) is 0 Å². The number of halogens is 1. The Morgan fingerprint density at radius 1 is 1.17 bits per heavy atom. The molecule has 8 heteroatoms. The van der Waals surface area contributed by atoms with Gasteiger partial charge in [-0.3, -0.25) is 14.9 Å². The number of methoxy groups -OCH3 is 1. The Morgan fingerprint density at radius 3 is 2.42 bits per heavy atom. The third-order valence-corrected chi connectivity index (χ3v) is 3.61. The van der Waals surface area contributed by atoms with Gasteiger partial charge in [0.2, 0.25) is 0 Å². The van der Waals surface area contributed by atoms with E-state index in [2.05, 4.69) is 15.9 Å². The number of nitro benzene ring substituents is 1. The van der Waals surface area contributed by atoms with Crippen molar-refractivity contribution in [3.63, 3.8) is 0 Å². The second-order valence-corrected chi connectivity index (χ2v) is 5.56. The summed E-state index contributed by atoms with van der Waals surface area (Å²) in [5, 5.41) is 10.6. The molecule has 0 unspecified atom stereocenters. The van der Waals surface area contributed by atoms with E-state index in [9.17, 15) is 19.7 Å². The lowest BCUT2D eigenvalue weighted by molar-refractivity contribution is -0.384. The van der Waals surface area contributed by atoms with Crippen LogP contribution in [0.1, 0.15) is 20.7 Å². The van der Waals surface area contributed by atoms with Gasteiger partial charge in [-0.15, -0.1) is 0 Å². The lowest BCUT2D eigenvalue weighted by Crippen LogP contribution is -2.15. The Morgan fingerprint density at radius 2 is 1.83 bits per heavy atom. The monoisotopic (exact) mass is 393 g/mol. The number of non-ortho nitro benzene ring substituents is 1. The number of hydrogen-bond acceptors (Lipinski definition) is 6. The van der Waals surface area contributed by atoms with Gasteiger partial charge in [-0.1, -0.05) is 15.9 Å². The molecule has 0 spiro atoms. The molecule has 0 aliphatic rings. The van der Waals surface area contributed by atoms with Crippen LogP contribution in [0.25, 0.3) is 0 Å². The molecular formula is C16H12BrNO6. The average molecular weight is 394 g/mol. The van der Waals surface area contributed by atoms with Crippen LogP contribution in [0.15, 0.2) is 46.9 Å². The van der Waals surface area contributed by atoms with Crippen molar-refractivity contribution in [1.82, 2.24) is 0 Å². The predicted octanol–water partition coefficient (Wildman–Crippen LogP) is 3.41. The van der Waals surface area contributed by atoms with Crippen molar-refractivity contribution >= 4 is 33.4 Å². The van der Waals surface area contributed by atoms with Gasteiger partial charge in [-0.05, 0) is 30.3 Å². The van der Waals surface area contributed by atoms with Crippen LogP contribution < -0.4 is 4.74 Å². The number of carbonyl (C=O) groups is 2. The number of ether oxygens (including phenoxy) is 2. The molecule has 0 radical (unpaired) electrons. The number of carbonyl (C=O) groups excluding carboxylic acids is 2. The number of nitro groups is 1. The number of hydrogen-bond donors (Lipinski definition) is 0. The van der Waals surface area contributed by atoms with Crippen molar-refractivity contribution in [3.8, 4) is 5.75 Å². The van der Waals surface area contributed by atoms with E-state index in [1.165, 1.54) is 37.4 Å². The summed E-state index contributed by atoms with van der Waals surface area (Å²) in [7, 11) is 1.42. The van der Waals surface area contributed by atoms with Gasteiger partial charge in [0.15, 0.2) is 12.4 Å². The van der Waals surface area contributed by atoms with Crippen molar-refractivity contribution in [2.75, 3.05) is 13.7 Å². The van der Waals surface area contributed by atoms with E-state index < -0.39 is 23.3 Å². The minimum Gasteiger partial charge on any atom is -0.496 e. The highest BCUT2D eigenvalue weighted by Gasteiger charge is 2.17. The van der Waals surface area contributed by atoms with E-state index in [1.54, 1.807) is 12.1 Å². The van der Waals surface area contributed by atoms with Crippen molar-refractivity contribution < 1.29 is 24.0 Å². The Kier molecular flexibility index (Phi) is 5.64. The second kappa shape index (κ2) is 7.69. The first-order valence-electron chi connectivity index (χ1n) is 6.70. The van der Waals surface area contributed by atoms with Crippen LogP contribution in [0, 0.1) is 10.1 Å². The lowest BCUT2D eigenvalue weighted by Gasteiger charge is -2.09. The topological polar surface area (TPSA) is 95.7 Å². The number of rotatable bonds is 6. The lowest BCUT2D eigenvalue weighted by atomic mass is 10.1. The predicted molar refractivity (Wildman–Crippen MR) is 88.4 cm³/mol. The molecule has 0 aromatic heterocycles. The summed E-state index contributed by atoms with van der Waals surface area (Å²) in [6.07, 6.45) is 0. The minimum atomic E-state index is -0.705. The molecule has 0 saturated heterocycles. The van der Waals surface area contributed by atoms with Crippen LogP contribution >= 0.6 is 15.9 Å². The van der Waals surface area contributed by atoms with Gasteiger partial charge in [0.25, 0.3) is 5.69 Å². The molecular weight excluding hydrogens is 382 g/mol. The Bertz CT molecular complexity index is 788. The van der Waals surface area contributed by atoms with Crippen LogP contribution in [0.3, 0.4) is 0 Å². The number of nitrogens with zero attached hydrogens (tertiary/aromatic N) is 1. The fourth-order valence-corrected chi connectivity index (χ4v) is 2.26. The summed E-state index contributed by atoms with van der Waals surface area (Å²) in [6.45, 7) is -0.480. The zero-order valence-corrected chi connectivity index (χ0v) is 14.1. The summed E-state index contributed by atoms with van der Waals surface area (Å²) in [5.74, 6) is -0.846. The van der Waals surface area contributed by atoms with Gasteiger partial charge < -0.3 is 9.47 Å². The summed E-state index contributed by atoms with van der Waals surface area (Å²) >= 11 is 3.24. The second-order valence-electron chi connectivity index (χ2n) is 4.65. The standard InChI is InChI=1S/C16H12BrNO6/c1-23-15-7-4-11(17)8-13(15)16(20)24-9-14(19)10-2-5-12(6-3-10)18(21)22/h2-8H,9H2,1H3. The summed E-state index contributed by atoms with van der Waals surface area (Å²) < 4.78 is 10.7. The Hall–Kier alpha value is -2.74. The highest BCUT2D eigenvalue weighted by atomic mass is 79.9. The largest absolute Gasteiger partial charge is 0.496 e. The maximum absolute atomic E-state index is 12.1. The third kappa shape index (κ3) is 4.17. The quantitative estimate of drug-likeness (QED) is 0.323. The molecule has 0 N–H and O–H groups in total. The van der Waals surface area contributed by atoms with Gasteiger partial charge in [-0.25, -0.2) is 4.79 Å². The summed E-state index contributed by atoms with van der Waals surface area (Å²) in [5.41, 5.74) is 0.278. The highest BCUT2D eigenvalue weighted by Crippen LogP contribution is 2.23. The Balaban J connectivity index is 2.04. The third-order valence-electron chi connectivity index (χ3n) is 3.12. The normalized spacial score (nSPS) is 10.1. The molecule has 0 amide bonds. The van der Waals surface area contributed by atoms with Crippen LogP contribution in [0.4, 0.5) is 5.69 Å². The fourth-order valence-electron chi connectivity index (χ4n) is 1.90. The summed E-state index contributed by atoms with van der Waals surface area (Å²) in [4.78, 5) is 34.1. The highest BCUT2D eigenvalue weighted by molar-refractivity contribution is 9.10. The van der Waals surface area contributed by atoms with Crippen LogP contribution in [0.2, 0.25) is 0 Å². The molecule has 124 valence electrons. The molecule has 0 saturated carbocycles. The maximum Gasteiger partial charge on any atom is 0.342 e. The summed E-state index contributed by atoms with van der Waals surface area (Å²) in [6, 6.07) is 9.88. The van der Waals surface area contributed by atoms with E-state index in [-0.39, 0.29) is 16.8 Å². The molecule has 0 aliphatic carbocycles. The van der Waals surface area contributed by atoms with Gasteiger partial charge in [0.1, 0.15) is 11.3 Å². The van der Waals surface area contributed by atoms with E-state index >= 15 is 0 Å². The number of benzene rings is 2. The Labute approximate surface area is 145 Å². The number of esters is 1. The molecule has 0 bridgehead atoms. The van der Waals surface area contributed by atoms with Gasteiger partial charge >= 0.3 is 5.97 Å². The number of Topliss-reactive ketones (excluding diaryl/α,β-unsaturated/α-hetero) is 1. The maximum atomic E-state index is 12.1. The first-order valence-corrected chi connectivity index (χ1v) is 7.50. The minimum absolute atomic E-state index is 0.123. The van der Waals surface area contributed by atoms with Gasteiger partial charge in [-0.2, -0.15) is 0 Å². The van der Waals surface area contributed by atoms with Crippen LogP contribution in [0.5, 0.6) is 5.75 Å². The smallest absolute Gasteiger partial charge is 0.342 e. The van der Waals surface area contributed by atoms with E-state index in [4.69, 9.17) is 9.47 Å². The molecule has 0 aliphatic heterocycles. The molecule has 2 aromatic carbocycles. The molecule has 2 aromatic rings. The number of ketones is 1. The SMILES string of the molecule is COc1ccc(Br)cc1C(=O)OCC(=O)c1ccc([N+](=O)[O-])cc1. The zero-order chi connectivity index (χ0) is 17.7. The molecule has 7 nitrogen and oxygen atoms in total. The molecule has 0 heterocycles. The molecule has 24 heavy (non-hydrogen) atoms.